The Morgan fingerprint density at radius 2 is 1.89 bits per heavy atom. The van der Waals surface area contributed by atoms with Crippen LogP contribution in [0.15, 0.2) is 40.5 Å². The quantitative estimate of drug-likeness (QED) is 0.678. The van der Waals surface area contributed by atoms with Crippen molar-refractivity contribution in [2.24, 2.45) is 5.41 Å². The zero-order valence-electron chi connectivity index (χ0n) is 16.3. The number of aromatic nitrogens is 3. The fourth-order valence-corrected chi connectivity index (χ4v) is 5.87. The van der Waals surface area contributed by atoms with Crippen molar-refractivity contribution < 1.29 is 0 Å². The molecule has 0 radical (unpaired) electrons. The standard InChI is InChI=1S/C22H25N3OS/c1-14-23-16(13-27-14)12-25-20(26)18-17-10-22(4,21(17,2)3)19(18)24(25)11-15-8-6-5-7-9-15/h5-9,13,17H,10-12H2,1-4H3/t17?,22-/m1/s1. The number of hydrogen-bond donors (Lipinski definition) is 0. The molecule has 0 spiro atoms. The fraction of sp³-hybridized carbons (Fsp3) is 0.455. The summed E-state index contributed by atoms with van der Waals surface area (Å²) in [6.07, 6.45) is 1.10. The highest BCUT2D eigenvalue weighted by Gasteiger charge is 2.68. The molecule has 1 fully saturated rings. The molecule has 5 heteroatoms. The zero-order valence-corrected chi connectivity index (χ0v) is 17.1. The summed E-state index contributed by atoms with van der Waals surface area (Å²) in [5, 5.41) is 3.11. The molecule has 6 rings (SSSR count). The molecule has 2 bridgehead atoms. The van der Waals surface area contributed by atoms with Crippen molar-refractivity contribution in [3.05, 3.63) is 73.6 Å². The van der Waals surface area contributed by atoms with Gasteiger partial charge in [-0.05, 0) is 30.2 Å². The highest BCUT2D eigenvalue weighted by Crippen LogP contribution is 2.71. The molecule has 2 heterocycles. The Morgan fingerprint density at radius 3 is 2.52 bits per heavy atom. The number of thiazole rings is 1. The van der Waals surface area contributed by atoms with Gasteiger partial charge in [-0.25, -0.2) is 9.67 Å². The summed E-state index contributed by atoms with van der Waals surface area (Å²) in [7, 11) is 0. The summed E-state index contributed by atoms with van der Waals surface area (Å²) in [6.45, 7) is 10.3. The van der Waals surface area contributed by atoms with Crippen LogP contribution >= 0.6 is 11.3 Å². The van der Waals surface area contributed by atoms with E-state index in [1.54, 1.807) is 11.3 Å². The Kier molecular flexibility index (Phi) is 3.43. The topological polar surface area (TPSA) is 39.8 Å². The van der Waals surface area contributed by atoms with Crippen molar-refractivity contribution >= 4 is 11.3 Å². The summed E-state index contributed by atoms with van der Waals surface area (Å²) in [4.78, 5) is 18.1. The maximum absolute atomic E-state index is 13.5. The summed E-state index contributed by atoms with van der Waals surface area (Å²) < 4.78 is 4.20. The first-order valence-corrected chi connectivity index (χ1v) is 10.5. The van der Waals surface area contributed by atoms with Crippen molar-refractivity contribution in [3.63, 3.8) is 0 Å². The smallest absolute Gasteiger partial charge is 0.270 e. The Hall–Kier alpha value is -2.14. The summed E-state index contributed by atoms with van der Waals surface area (Å²) in [5.74, 6) is 0.380. The first-order chi connectivity index (χ1) is 12.8. The first kappa shape index (κ1) is 17.0. The molecular formula is C22H25N3OS. The van der Waals surface area contributed by atoms with E-state index in [1.165, 1.54) is 11.3 Å². The molecule has 2 atom stereocenters. The Labute approximate surface area is 163 Å². The van der Waals surface area contributed by atoms with Crippen LogP contribution < -0.4 is 5.56 Å². The molecular weight excluding hydrogens is 354 g/mol. The third kappa shape index (κ3) is 2.15. The van der Waals surface area contributed by atoms with Crippen molar-refractivity contribution in [1.29, 1.82) is 0 Å². The van der Waals surface area contributed by atoms with Crippen LogP contribution in [0.1, 0.15) is 60.6 Å². The van der Waals surface area contributed by atoms with Gasteiger partial charge in [-0.3, -0.25) is 9.48 Å². The molecule has 3 aliphatic carbocycles. The van der Waals surface area contributed by atoms with Crippen LogP contribution in [0.2, 0.25) is 0 Å². The van der Waals surface area contributed by atoms with Gasteiger partial charge in [0, 0.05) is 16.4 Å². The van der Waals surface area contributed by atoms with Gasteiger partial charge in [0.25, 0.3) is 5.56 Å². The molecule has 27 heavy (non-hydrogen) atoms. The Bertz CT molecular complexity index is 1090. The molecule has 0 amide bonds. The summed E-state index contributed by atoms with van der Waals surface area (Å²) >= 11 is 1.64. The lowest BCUT2D eigenvalue weighted by Crippen LogP contribution is -2.50. The first-order valence-electron chi connectivity index (χ1n) is 9.62. The molecule has 0 aliphatic heterocycles. The van der Waals surface area contributed by atoms with Crippen LogP contribution in [-0.2, 0) is 18.5 Å². The molecule has 1 aromatic carbocycles. The minimum absolute atomic E-state index is 0.0736. The largest absolute Gasteiger partial charge is 0.281 e. The highest BCUT2D eigenvalue weighted by atomic mass is 32.1. The van der Waals surface area contributed by atoms with Crippen LogP contribution in [0, 0.1) is 12.3 Å². The lowest BCUT2D eigenvalue weighted by molar-refractivity contribution is 0.0298. The van der Waals surface area contributed by atoms with Gasteiger partial charge in [0.05, 0.1) is 29.5 Å². The number of nitrogens with zero attached hydrogens (tertiary/aromatic N) is 3. The van der Waals surface area contributed by atoms with E-state index >= 15 is 0 Å². The van der Waals surface area contributed by atoms with E-state index in [9.17, 15) is 4.79 Å². The van der Waals surface area contributed by atoms with Crippen LogP contribution in [0.4, 0.5) is 0 Å². The van der Waals surface area contributed by atoms with Gasteiger partial charge in [0.2, 0.25) is 0 Å². The molecule has 2 aromatic heterocycles. The highest BCUT2D eigenvalue weighted by molar-refractivity contribution is 7.09. The second-order valence-corrected chi connectivity index (χ2v) is 9.90. The van der Waals surface area contributed by atoms with Crippen molar-refractivity contribution in [3.8, 4) is 0 Å². The lowest BCUT2D eigenvalue weighted by atomic mass is 9.50. The van der Waals surface area contributed by atoms with Crippen LogP contribution in [0.25, 0.3) is 0 Å². The third-order valence-electron chi connectivity index (χ3n) is 7.20. The second kappa shape index (κ2) is 5.44. The van der Waals surface area contributed by atoms with E-state index in [4.69, 9.17) is 0 Å². The van der Waals surface area contributed by atoms with E-state index in [1.807, 2.05) is 17.7 Å². The van der Waals surface area contributed by atoms with Gasteiger partial charge < -0.3 is 0 Å². The average Bonchev–Trinajstić information content (AvgIpc) is 3.31. The number of benzene rings is 1. The van der Waals surface area contributed by atoms with Gasteiger partial charge >= 0.3 is 0 Å². The van der Waals surface area contributed by atoms with Gasteiger partial charge in [0.15, 0.2) is 0 Å². The molecule has 0 saturated heterocycles. The molecule has 1 saturated carbocycles. The predicted molar refractivity (Wildman–Crippen MR) is 109 cm³/mol. The molecule has 3 aliphatic rings. The van der Waals surface area contributed by atoms with Crippen LogP contribution in [-0.4, -0.2) is 14.3 Å². The van der Waals surface area contributed by atoms with E-state index in [2.05, 4.69) is 60.1 Å². The van der Waals surface area contributed by atoms with E-state index in [0.29, 0.717) is 12.5 Å². The van der Waals surface area contributed by atoms with Crippen molar-refractivity contribution in [1.82, 2.24) is 14.3 Å². The van der Waals surface area contributed by atoms with Gasteiger partial charge in [-0.15, -0.1) is 11.3 Å². The fourth-order valence-electron chi connectivity index (χ4n) is 5.26. The summed E-state index contributed by atoms with van der Waals surface area (Å²) in [5.41, 5.74) is 4.94. The van der Waals surface area contributed by atoms with E-state index in [0.717, 1.165) is 29.2 Å². The normalized spacial score (nSPS) is 24.7. The van der Waals surface area contributed by atoms with E-state index < -0.39 is 0 Å². The maximum Gasteiger partial charge on any atom is 0.270 e. The van der Waals surface area contributed by atoms with Crippen LogP contribution in [0.5, 0.6) is 0 Å². The van der Waals surface area contributed by atoms with Gasteiger partial charge in [-0.2, -0.15) is 0 Å². The van der Waals surface area contributed by atoms with Crippen molar-refractivity contribution in [2.45, 2.75) is 58.5 Å². The molecule has 140 valence electrons. The average molecular weight is 380 g/mol. The SMILES string of the molecule is Cc1nc(Cn2c(=O)c3c(n2Cc2ccccc2)[C@@]2(C)CC3C2(C)C)cs1. The monoisotopic (exact) mass is 379 g/mol. The van der Waals surface area contributed by atoms with Gasteiger partial charge in [0.1, 0.15) is 0 Å². The molecule has 1 unspecified atom stereocenters. The zero-order chi connectivity index (χ0) is 19.0. The molecule has 0 N–H and O–H groups in total. The number of aryl methyl sites for hydroxylation is 1. The van der Waals surface area contributed by atoms with Gasteiger partial charge in [-0.1, -0.05) is 51.1 Å². The number of rotatable bonds is 4. The lowest BCUT2D eigenvalue weighted by Gasteiger charge is -2.53. The summed E-state index contributed by atoms with van der Waals surface area (Å²) in [6, 6.07) is 10.5. The maximum atomic E-state index is 13.5. The Morgan fingerprint density at radius 1 is 1.15 bits per heavy atom. The Balaban J connectivity index is 1.67. The molecule has 4 nitrogen and oxygen atoms in total. The minimum atomic E-state index is 0.0736. The molecule has 3 aromatic rings. The number of hydrogen-bond acceptors (Lipinski definition) is 3. The predicted octanol–water partition coefficient (Wildman–Crippen LogP) is 4.30. The van der Waals surface area contributed by atoms with Crippen molar-refractivity contribution in [2.75, 3.05) is 0 Å². The van der Waals surface area contributed by atoms with E-state index in [-0.39, 0.29) is 16.4 Å². The van der Waals surface area contributed by atoms with Crippen LogP contribution in [0.3, 0.4) is 0 Å². The minimum Gasteiger partial charge on any atom is -0.281 e. The third-order valence-corrected chi connectivity index (χ3v) is 8.02. The second-order valence-electron chi connectivity index (χ2n) is 8.84.